The Morgan fingerprint density at radius 3 is 2.08 bits per heavy atom. The Bertz CT molecular complexity index is 758. The van der Waals surface area contributed by atoms with E-state index in [0.29, 0.717) is 6.42 Å². The van der Waals surface area contributed by atoms with Gasteiger partial charge in [0, 0.05) is 6.54 Å². The van der Waals surface area contributed by atoms with Gasteiger partial charge in [0.2, 0.25) is 0 Å². The van der Waals surface area contributed by atoms with Crippen LogP contribution in [0.1, 0.15) is 17.5 Å². The Balaban J connectivity index is 0.000000257. The fourth-order valence-corrected chi connectivity index (χ4v) is 2.52. The molecule has 25 heavy (non-hydrogen) atoms. The van der Waals surface area contributed by atoms with Gasteiger partial charge in [-0.15, -0.1) is 0 Å². The second-order valence-corrected chi connectivity index (χ2v) is 7.00. The number of aliphatic carboxylic acids is 1. The Kier molecular flexibility index (Phi) is 8.27. The molecular formula is C18H23NO5S. The van der Waals surface area contributed by atoms with Gasteiger partial charge in [0.1, 0.15) is 0 Å². The molecular weight excluding hydrogens is 342 g/mol. The van der Waals surface area contributed by atoms with E-state index in [9.17, 15) is 13.2 Å². The van der Waals surface area contributed by atoms with E-state index in [1.807, 2.05) is 37.3 Å². The molecule has 7 heteroatoms. The maximum atomic E-state index is 10.7. The smallest absolute Gasteiger partial charge is 0.307 e. The number of carboxylic acid groups (broad SMARTS) is 1. The molecule has 136 valence electrons. The summed E-state index contributed by atoms with van der Waals surface area (Å²) in [6.07, 6.45) is 1.38. The van der Waals surface area contributed by atoms with E-state index in [0.717, 1.165) is 17.5 Å². The van der Waals surface area contributed by atoms with Crippen molar-refractivity contribution in [2.45, 2.75) is 24.7 Å². The van der Waals surface area contributed by atoms with Crippen molar-refractivity contribution in [3.05, 3.63) is 65.7 Å². The number of carbonyl (C=O) groups is 1. The average molecular weight is 365 g/mol. The molecule has 2 aromatic carbocycles. The van der Waals surface area contributed by atoms with Crippen LogP contribution in [0.3, 0.4) is 0 Å². The lowest BCUT2D eigenvalue weighted by Crippen LogP contribution is -2.23. The first-order valence-corrected chi connectivity index (χ1v) is 9.19. The van der Waals surface area contributed by atoms with Crippen molar-refractivity contribution >= 4 is 16.1 Å². The zero-order valence-corrected chi connectivity index (χ0v) is 14.8. The molecule has 0 aliphatic carbocycles. The van der Waals surface area contributed by atoms with E-state index in [-0.39, 0.29) is 11.4 Å². The largest absolute Gasteiger partial charge is 0.481 e. The molecule has 0 fully saturated rings. The van der Waals surface area contributed by atoms with E-state index in [1.54, 1.807) is 12.1 Å². The third-order valence-electron chi connectivity index (χ3n) is 3.58. The molecule has 2 aromatic rings. The summed E-state index contributed by atoms with van der Waals surface area (Å²) in [5.41, 5.74) is 7.47. The molecule has 0 aliphatic heterocycles. The van der Waals surface area contributed by atoms with Crippen molar-refractivity contribution in [3.8, 4) is 0 Å². The molecule has 1 atom stereocenters. The maximum Gasteiger partial charge on any atom is 0.307 e. The molecule has 0 saturated heterocycles. The predicted octanol–water partition coefficient (Wildman–Crippen LogP) is 2.52. The SMILES string of the molecule is Cc1ccc(S(=O)(=O)O)cc1.NCC(CCc1ccccc1)C(=O)O. The third kappa shape index (κ3) is 7.93. The van der Waals surface area contributed by atoms with Crippen molar-refractivity contribution in [3.63, 3.8) is 0 Å². The highest BCUT2D eigenvalue weighted by atomic mass is 32.2. The highest BCUT2D eigenvalue weighted by Gasteiger charge is 2.14. The van der Waals surface area contributed by atoms with Crippen LogP contribution in [-0.2, 0) is 21.3 Å². The summed E-state index contributed by atoms with van der Waals surface area (Å²) in [6.45, 7) is 2.05. The monoisotopic (exact) mass is 365 g/mol. The summed E-state index contributed by atoms with van der Waals surface area (Å²) in [4.78, 5) is 10.6. The summed E-state index contributed by atoms with van der Waals surface area (Å²) in [7, 11) is -4.02. The van der Waals surface area contributed by atoms with Gasteiger partial charge >= 0.3 is 5.97 Å². The zero-order chi connectivity index (χ0) is 18.9. The average Bonchev–Trinajstić information content (AvgIpc) is 2.56. The van der Waals surface area contributed by atoms with Gasteiger partial charge in [-0.1, -0.05) is 48.0 Å². The number of rotatable bonds is 6. The van der Waals surface area contributed by atoms with Crippen LogP contribution in [0.25, 0.3) is 0 Å². The number of aryl methyl sites for hydroxylation is 2. The fraction of sp³-hybridized carbons (Fsp3) is 0.278. The van der Waals surface area contributed by atoms with Crippen LogP contribution >= 0.6 is 0 Å². The molecule has 0 saturated carbocycles. The van der Waals surface area contributed by atoms with Gasteiger partial charge in [-0.25, -0.2) is 0 Å². The molecule has 0 amide bonds. The molecule has 4 N–H and O–H groups in total. The normalized spacial score (nSPS) is 12.0. The van der Waals surface area contributed by atoms with Crippen LogP contribution in [0.4, 0.5) is 0 Å². The van der Waals surface area contributed by atoms with Crippen LogP contribution in [0.15, 0.2) is 59.5 Å². The van der Waals surface area contributed by atoms with Crippen molar-refractivity contribution in [1.29, 1.82) is 0 Å². The van der Waals surface area contributed by atoms with Gasteiger partial charge in [0.05, 0.1) is 10.8 Å². The minimum Gasteiger partial charge on any atom is -0.481 e. The van der Waals surface area contributed by atoms with Crippen molar-refractivity contribution in [2.24, 2.45) is 11.7 Å². The Labute approximate surface area is 148 Å². The summed E-state index contributed by atoms with van der Waals surface area (Å²) < 4.78 is 29.6. The summed E-state index contributed by atoms with van der Waals surface area (Å²) in [6, 6.07) is 15.8. The lowest BCUT2D eigenvalue weighted by atomic mass is 10.00. The molecule has 0 radical (unpaired) electrons. The number of nitrogens with two attached hydrogens (primary N) is 1. The van der Waals surface area contributed by atoms with Gasteiger partial charge in [0.25, 0.3) is 10.1 Å². The van der Waals surface area contributed by atoms with Crippen molar-refractivity contribution in [1.82, 2.24) is 0 Å². The summed E-state index contributed by atoms with van der Waals surface area (Å²) >= 11 is 0. The summed E-state index contributed by atoms with van der Waals surface area (Å²) in [5, 5.41) is 8.77. The molecule has 2 rings (SSSR count). The van der Waals surface area contributed by atoms with Gasteiger partial charge < -0.3 is 10.8 Å². The van der Waals surface area contributed by atoms with Crippen LogP contribution in [0.2, 0.25) is 0 Å². The van der Waals surface area contributed by atoms with Crippen LogP contribution in [0, 0.1) is 12.8 Å². The topological polar surface area (TPSA) is 118 Å². The molecule has 1 unspecified atom stereocenters. The second-order valence-electron chi connectivity index (χ2n) is 5.58. The molecule has 0 heterocycles. The highest BCUT2D eigenvalue weighted by Crippen LogP contribution is 2.09. The number of hydrogen-bond acceptors (Lipinski definition) is 4. The molecule has 0 aromatic heterocycles. The third-order valence-corrected chi connectivity index (χ3v) is 4.44. The van der Waals surface area contributed by atoms with E-state index >= 15 is 0 Å². The number of hydrogen-bond donors (Lipinski definition) is 3. The van der Waals surface area contributed by atoms with E-state index in [1.165, 1.54) is 12.1 Å². The van der Waals surface area contributed by atoms with E-state index < -0.39 is 22.0 Å². The van der Waals surface area contributed by atoms with Crippen LogP contribution in [0.5, 0.6) is 0 Å². The Morgan fingerprint density at radius 2 is 1.64 bits per heavy atom. The quantitative estimate of drug-likeness (QED) is 0.677. The highest BCUT2D eigenvalue weighted by molar-refractivity contribution is 7.85. The molecule has 6 nitrogen and oxygen atoms in total. The van der Waals surface area contributed by atoms with E-state index in [4.69, 9.17) is 15.4 Å². The van der Waals surface area contributed by atoms with Crippen LogP contribution < -0.4 is 5.73 Å². The van der Waals surface area contributed by atoms with E-state index in [2.05, 4.69) is 0 Å². The number of benzene rings is 2. The predicted molar refractivity (Wildman–Crippen MR) is 95.9 cm³/mol. The Morgan fingerprint density at radius 1 is 1.08 bits per heavy atom. The minimum absolute atomic E-state index is 0.0666. The van der Waals surface area contributed by atoms with Crippen molar-refractivity contribution in [2.75, 3.05) is 6.54 Å². The molecule has 0 bridgehead atoms. The first-order chi connectivity index (χ1) is 11.7. The number of carboxylic acids is 1. The lowest BCUT2D eigenvalue weighted by Gasteiger charge is -2.08. The fourth-order valence-electron chi connectivity index (χ4n) is 2.04. The van der Waals surface area contributed by atoms with Gasteiger partial charge in [0.15, 0.2) is 0 Å². The van der Waals surface area contributed by atoms with Gasteiger partial charge in [-0.2, -0.15) is 8.42 Å². The summed E-state index contributed by atoms with van der Waals surface area (Å²) in [5.74, 6) is -1.22. The first kappa shape index (κ1) is 20.8. The molecule has 0 spiro atoms. The first-order valence-electron chi connectivity index (χ1n) is 7.75. The standard InChI is InChI=1S/C11H15NO2.C7H8O3S/c12-8-10(11(13)14)7-6-9-4-2-1-3-5-9;1-6-2-4-7(5-3-6)11(8,9)10/h1-5,10H,6-8,12H2,(H,13,14);2-5H,1H3,(H,8,9,10). The van der Waals surface area contributed by atoms with Gasteiger partial charge in [-0.3, -0.25) is 9.35 Å². The minimum atomic E-state index is -4.02. The molecule has 0 aliphatic rings. The van der Waals surface area contributed by atoms with Crippen LogP contribution in [-0.4, -0.2) is 30.6 Å². The van der Waals surface area contributed by atoms with Gasteiger partial charge in [-0.05, 0) is 37.5 Å². The second kappa shape index (κ2) is 9.93. The zero-order valence-electron chi connectivity index (χ0n) is 14.0. The Hall–Kier alpha value is -2.22. The lowest BCUT2D eigenvalue weighted by molar-refractivity contribution is -0.141. The maximum absolute atomic E-state index is 10.7. The van der Waals surface area contributed by atoms with Crippen molar-refractivity contribution < 1.29 is 22.9 Å².